The largest absolute Gasteiger partial charge is 0.368 e. The van der Waals surface area contributed by atoms with Crippen LogP contribution in [0.4, 0.5) is 5.95 Å². The standard InChI is InChI=1S/C8H13N3.ClH/c1-4-7-5(2)10-8(9)11-6(7)3;/h4H2,1-3H3,(H2,9,10,11);1H. The lowest BCUT2D eigenvalue weighted by Crippen LogP contribution is -2.03. The van der Waals surface area contributed by atoms with E-state index in [-0.39, 0.29) is 12.4 Å². The van der Waals surface area contributed by atoms with E-state index in [2.05, 4.69) is 16.9 Å². The van der Waals surface area contributed by atoms with Crippen molar-refractivity contribution in [3.8, 4) is 0 Å². The Balaban J connectivity index is 0.00000121. The normalized spacial score (nSPS) is 9.25. The van der Waals surface area contributed by atoms with E-state index in [1.165, 1.54) is 5.56 Å². The van der Waals surface area contributed by atoms with Crippen molar-refractivity contribution in [2.24, 2.45) is 0 Å². The first kappa shape index (κ1) is 11.2. The maximum Gasteiger partial charge on any atom is 0.220 e. The molecule has 0 atom stereocenters. The zero-order valence-corrected chi connectivity index (χ0v) is 8.40. The molecule has 0 amide bonds. The van der Waals surface area contributed by atoms with Crippen molar-refractivity contribution in [1.82, 2.24) is 9.97 Å². The summed E-state index contributed by atoms with van der Waals surface area (Å²) in [6.07, 6.45) is 0.970. The Labute approximate surface area is 78.8 Å². The monoisotopic (exact) mass is 187 g/mol. The summed E-state index contributed by atoms with van der Waals surface area (Å²) in [4.78, 5) is 8.14. The van der Waals surface area contributed by atoms with Crippen molar-refractivity contribution >= 4 is 18.4 Å². The quantitative estimate of drug-likeness (QED) is 0.728. The highest BCUT2D eigenvalue weighted by Crippen LogP contribution is 2.10. The van der Waals surface area contributed by atoms with Gasteiger partial charge in [-0.3, -0.25) is 0 Å². The number of nitrogens with zero attached hydrogens (tertiary/aromatic N) is 2. The van der Waals surface area contributed by atoms with Gasteiger partial charge < -0.3 is 5.73 Å². The first-order valence-corrected chi connectivity index (χ1v) is 3.74. The number of rotatable bonds is 1. The molecule has 3 nitrogen and oxygen atoms in total. The van der Waals surface area contributed by atoms with Gasteiger partial charge in [0.15, 0.2) is 0 Å². The van der Waals surface area contributed by atoms with Gasteiger partial charge in [0.05, 0.1) is 0 Å². The molecular weight excluding hydrogens is 174 g/mol. The van der Waals surface area contributed by atoms with Gasteiger partial charge in [0.2, 0.25) is 5.95 Å². The third-order valence-electron chi connectivity index (χ3n) is 1.79. The van der Waals surface area contributed by atoms with E-state index in [1.807, 2.05) is 13.8 Å². The van der Waals surface area contributed by atoms with Gasteiger partial charge in [-0.1, -0.05) is 6.92 Å². The number of nitrogens with two attached hydrogens (primary N) is 1. The lowest BCUT2D eigenvalue weighted by molar-refractivity contribution is 0.965. The molecule has 2 N–H and O–H groups in total. The molecule has 0 fully saturated rings. The fraction of sp³-hybridized carbons (Fsp3) is 0.500. The smallest absolute Gasteiger partial charge is 0.220 e. The summed E-state index contributed by atoms with van der Waals surface area (Å²) in [5.74, 6) is 0.372. The number of nitrogen functional groups attached to an aromatic ring is 1. The predicted molar refractivity (Wildman–Crippen MR) is 52.5 cm³/mol. The predicted octanol–water partition coefficient (Wildman–Crippen LogP) is 1.66. The van der Waals surface area contributed by atoms with Gasteiger partial charge in [0.1, 0.15) is 0 Å². The van der Waals surface area contributed by atoms with E-state index < -0.39 is 0 Å². The summed E-state index contributed by atoms with van der Waals surface area (Å²) in [5, 5.41) is 0. The highest BCUT2D eigenvalue weighted by Gasteiger charge is 2.03. The molecule has 1 aromatic heterocycles. The molecule has 1 rings (SSSR count). The Bertz CT molecular complexity index is 250. The van der Waals surface area contributed by atoms with Crippen LogP contribution < -0.4 is 5.73 Å². The first-order chi connectivity index (χ1) is 5.15. The molecule has 0 saturated heterocycles. The van der Waals surface area contributed by atoms with E-state index in [4.69, 9.17) is 5.73 Å². The van der Waals surface area contributed by atoms with Gasteiger partial charge in [-0.25, -0.2) is 9.97 Å². The Morgan fingerprint density at radius 1 is 1.17 bits per heavy atom. The van der Waals surface area contributed by atoms with Crippen LogP contribution in [0.5, 0.6) is 0 Å². The molecule has 0 spiro atoms. The van der Waals surface area contributed by atoms with Crippen LogP contribution in [-0.2, 0) is 6.42 Å². The fourth-order valence-corrected chi connectivity index (χ4v) is 1.28. The van der Waals surface area contributed by atoms with Crippen LogP contribution in [0.2, 0.25) is 0 Å². The van der Waals surface area contributed by atoms with Gasteiger partial charge in [-0.2, -0.15) is 0 Å². The van der Waals surface area contributed by atoms with Crippen LogP contribution in [-0.4, -0.2) is 9.97 Å². The van der Waals surface area contributed by atoms with Gasteiger partial charge in [0, 0.05) is 11.4 Å². The third-order valence-corrected chi connectivity index (χ3v) is 1.79. The average Bonchev–Trinajstić information content (AvgIpc) is 1.85. The number of halogens is 1. The van der Waals surface area contributed by atoms with Crippen LogP contribution in [0, 0.1) is 13.8 Å². The molecule has 0 saturated carbocycles. The van der Waals surface area contributed by atoms with Crippen LogP contribution in [0.1, 0.15) is 23.9 Å². The summed E-state index contributed by atoms with van der Waals surface area (Å²) >= 11 is 0. The number of aromatic nitrogens is 2. The number of hydrogen-bond donors (Lipinski definition) is 1. The van der Waals surface area contributed by atoms with Gasteiger partial charge >= 0.3 is 0 Å². The van der Waals surface area contributed by atoms with E-state index in [1.54, 1.807) is 0 Å². The van der Waals surface area contributed by atoms with Crippen molar-refractivity contribution in [3.63, 3.8) is 0 Å². The molecule has 4 heteroatoms. The van der Waals surface area contributed by atoms with Crippen molar-refractivity contribution in [1.29, 1.82) is 0 Å². The highest BCUT2D eigenvalue weighted by atomic mass is 35.5. The Morgan fingerprint density at radius 2 is 1.58 bits per heavy atom. The van der Waals surface area contributed by atoms with Crippen LogP contribution in [0.25, 0.3) is 0 Å². The zero-order valence-electron chi connectivity index (χ0n) is 7.59. The molecule has 1 aromatic rings. The summed E-state index contributed by atoms with van der Waals surface area (Å²) in [6, 6.07) is 0. The highest BCUT2D eigenvalue weighted by molar-refractivity contribution is 5.85. The Hall–Kier alpha value is -0.830. The fourth-order valence-electron chi connectivity index (χ4n) is 1.28. The molecule has 0 radical (unpaired) electrons. The van der Waals surface area contributed by atoms with E-state index >= 15 is 0 Å². The molecule has 68 valence electrons. The second-order valence-corrected chi connectivity index (χ2v) is 2.58. The molecule has 12 heavy (non-hydrogen) atoms. The molecule has 0 aliphatic heterocycles. The van der Waals surface area contributed by atoms with E-state index in [0.29, 0.717) is 5.95 Å². The molecule has 0 aromatic carbocycles. The van der Waals surface area contributed by atoms with Crippen molar-refractivity contribution in [3.05, 3.63) is 17.0 Å². The third kappa shape index (κ3) is 2.08. The summed E-state index contributed by atoms with van der Waals surface area (Å²) in [7, 11) is 0. The summed E-state index contributed by atoms with van der Waals surface area (Å²) < 4.78 is 0. The van der Waals surface area contributed by atoms with Crippen LogP contribution >= 0.6 is 12.4 Å². The number of aryl methyl sites for hydroxylation is 2. The van der Waals surface area contributed by atoms with Gasteiger partial charge in [-0.15, -0.1) is 12.4 Å². The number of hydrogen-bond acceptors (Lipinski definition) is 3. The van der Waals surface area contributed by atoms with Crippen LogP contribution in [0.3, 0.4) is 0 Å². The average molecular weight is 188 g/mol. The lowest BCUT2D eigenvalue weighted by atomic mass is 10.1. The topological polar surface area (TPSA) is 51.8 Å². The first-order valence-electron chi connectivity index (χ1n) is 3.74. The van der Waals surface area contributed by atoms with Crippen molar-refractivity contribution < 1.29 is 0 Å². The number of anilines is 1. The Kier molecular flexibility index (Phi) is 3.96. The molecule has 0 aliphatic carbocycles. The Morgan fingerprint density at radius 3 is 1.92 bits per heavy atom. The minimum atomic E-state index is 0. The zero-order chi connectivity index (χ0) is 8.43. The van der Waals surface area contributed by atoms with E-state index in [0.717, 1.165) is 17.8 Å². The summed E-state index contributed by atoms with van der Waals surface area (Å²) in [5.41, 5.74) is 8.66. The maximum absolute atomic E-state index is 5.46. The maximum atomic E-state index is 5.46. The molecular formula is C8H14ClN3. The lowest BCUT2D eigenvalue weighted by Gasteiger charge is -2.05. The summed E-state index contributed by atoms with van der Waals surface area (Å²) in [6.45, 7) is 6.02. The van der Waals surface area contributed by atoms with Gasteiger partial charge in [-0.05, 0) is 25.8 Å². The molecule has 0 unspecified atom stereocenters. The van der Waals surface area contributed by atoms with Crippen LogP contribution in [0.15, 0.2) is 0 Å². The second-order valence-electron chi connectivity index (χ2n) is 2.58. The second kappa shape index (κ2) is 4.26. The molecule has 1 heterocycles. The van der Waals surface area contributed by atoms with Crippen molar-refractivity contribution in [2.45, 2.75) is 27.2 Å². The SMILES string of the molecule is CCc1c(C)nc(N)nc1C.Cl. The van der Waals surface area contributed by atoms with Gasteiger partial charge in [0.25, 0.3) is 0 Å². The van der Waals surface area contributed by atoms with E-state index in [9.17, 15) is 0 Å². The van der Waals surface area contributed by atoms with Crippen molar-refractivity contribution in [2.75, 3.05) is 5.73 Å². The molecule has 0 bridgehead atoms. The minimum Gasteiger partial charge on any atom is -0.368 e. The minimum absolute atomic E-state index is 0. The molecule has 0 aliphatic rings.